The fraction of sp³-hybridized carbons (Fsp3) is 0.929. The highest BCUT2D eigenvalue weighted by Gasteiger charge is 2.28. The predicted octanol–water partition coefficient (Wildman–Crippen LogP) is 2.65. The van der Waals surface area contributed by atoms with E-state index in [0.717, 1.165) is 31.2 Å². The Hall–Kier alpha value is -0.220. The molecule has 4 heteroatoms. The summed E-state index contributed by atoms with van der Waals surface area (Å²) in [7, 11) is 1.74. The van der Waals surface area contributed by atoms with Gasteiger partial charge in [-0.25, -0.2) is 0 Å². The van der Waals surface area contributed by atoms with Gasteiger partial charge in [0.05, 0.1) is 11.9 Å². The number of piperidine rings is 1. The van der Waals surface area contributed by atoms with Crippen molar-refractivity contribution in [2.45, 2.75) is 39.7 Å². The highest BCUT2D eigenvalue weighted by Crippen LogP contribution is 2.20. The minimum absolute atomic E-state index is 0.211. The molecule has 0 radical (unpaired) electrons. The number of rotatable bonds is 6. The molecule has 1 heterocycles. The van der Waals surface area contributed by atoms with Gasteiger partial charge in [0.25, 0.3) is 0 Å². The summed E-state index contributed by atoms with van der Waals surface area (Å²) < 4.78 is 5.44. The molecule has 0 spiro atoms. The maximum Gasteiger partial charge on any atom is 0.232 e. The highest BCUT2D eigenvalue weighted by molar-refractivity contribution is 7.99. The van der Waals surface area contributed by atoms with Crippen molar-refractivity contribution in [3.8, 4) is 0 Å². The van der Waals surface area contributed by atoms with E-state index in [4.69, 9.17) is 4.74 Å². The van der Waals surface area contributed by atoms with Gasteiger partial charge in [-0.1, -0.05) is 20.8 Å². The molecule has 1 amide bonds. The van der Waals surface area contributed by atoms with Crippen LogP contribution in [0.25, 0.3) is 0 Å². The van der Waals surface area contributed by atoms with E-state index in [1.54, 1.807) is 18.9 Å². The van der Waals surface area contributed by atoms with E-state index in [0.29, 0.717) is 11.7 Å². The summed E-state index contributed by atoms with van der Waals surface area (Å²) in [6.07, 6.45) is 2.46. The molecule has 0 bridgehead atoms. The number of nitrogens with zero attached hydrogens (tertiary/aromatic N) is 1. The lowest BCUT2D eigenvalue weighted by molar-refractivity contribution is -0.133. The first kappa shape index (κ1) is 15.8. The van der Waals surface area contributed by atoms with Crippen LogP contribution in [0.4, 0.5) is 0 Å². The summed E-state index contributed by atoms with van der Waals surface area (Å²) in [6, 6.07) is 0. The van der Waals surface area contributed by atoms with E-state index in [2.05, 4.69) is 20.8 Å². The largest absolute Gasteiger partial charge is 0.379 e. The Morgan fingerprint density at radius 1 is 1.50 bits per heavy atom. The molecule has 2 unspecified atom stereocenters. The Morgan fingerprint density at radius 2 is 2.22 bits per heavy atom. The van der Waals surface area contributed by atoms with Crippen molar-refractivity contribution in [1.29, 1.82) is 0 Å². The van der Waals surface area contributed by atoms with Crippen molar-refractivity contribution in [1.82, 2.24) is 4.90 Å². The Labute approximate surface area is 116 Å². The van der Waals surface area contributed by atoms with Gasteiger partial charge in [-0.3, -0.25) is 4.79 Å². The monoisotopic (exact) mass is 273 g/mol. The van der Waals surface area contributed by atoms with Gasteiger partial charge in [0.2, 0.25) is 5.91 Å². The minimum atomic E-state index is 0.211. The number of thioether (sulfide) groups is 1. The first-order chi connectivity index (χ1) is 8.54. The third kappa shape index (κ3) is 5.19. The van der Waals surface area contributed by atoms with Gasteiger partial charge in [0.15, 0.2) is 0 Å². The van der Waals surface area contributed by atoms with Gasteiger partial charge >= 0.3 is 0 Å². The van der Waals surface area contributed by atoms with Crippen molar-refractivity contribution in [3.63, 3.8) is 0 Å². The first-order valence-corrected chi connectivity index (χ1v) is 8.08. The van der Waals surface area contributed by atoms with Gasteiger partial charge in [0, 0.05) is 20.2 Å². The molecule has 1 fully saturated rings. The van der Waals surface area contributed by atoms with Gasteiger partial charge in [-0.2, -0.15) is 11.8 Å². The molecule has 1 rings (SSSR count). The molecule has 0 aromatic carbocycles. The molecule has 18 heavy (non-hydrogen) atoms. The van der Waals surface area contributed by atoms with Crippen molar-refractivity contribution in [3.05, 3.63) is 0 Å². The summed E-state index contributed by atoms with van der Waals surface area (Å²) in [5, 5.41) is 0. The van der Waals surface area contributed by atoms with E-state index in [1.165, 1.54) is 6.42 Å². The second kappa shape index (κ2) is 8.05. The van der Waals surface area contributed by atoms with Crippen LogP contribution in [-0.2, 0) is 9.53 Å². The summed E-state index contributed by atoms with van der Waals surface area (Å²) in [4.78, 5) is 14.0. The zero-order valence-electron chi connectivity index (χ0n) is 12.1. The van der Waals surface area contributed by atoms with E-state index < -0.39 is 0 Å². The van der Waals surface area contributed by atoms with E-state index in [-0.39, 0.29) is 12.0 Å². The quantitative estimate of drug-likeness (QED) is 0.697. The van der Waals surface area contributed by atoms with Crippen LogP contribution in [0.5, 0.6) is 0 Å². The molecule has 0 N–H and O–H groups in total. The number of ether oxygens (including phenoxy) is 1. The zero-order chi connectivity index (χ0) is 13.5. The lowest BCUT2D eigenvalue weighted by atomic mass is 9.96. The molecule has 1 aliphatic rings. The van der Waals surface area contributed by atoms with E-state index in [1.807, 2.05) is 4.90 Å². The van der Waals surface area contributed by atoms with Crippen LogP contribution in [0.15, 0.2) is 0 Å². The second-order valence-corrected chi connectivity index (χ2v) is 6.72. The topological polar surface area (TPSA) is 29.5 Å². The van der Waals surface area contributed by atoms with Crippen LogP contribution in [0.2, 0.25) is 0 Å². The zero-order valence-corrected chi connectivity index (χ0v) is 13.0. The normalized spacial score (nSPS) is 24.6. The van der Waals surface area contributed by atoms with Crippen molar-refractivity contribution < 1.29 is 9.53 Å². The maximum absolute atomic E-state index is 12.1. The summed E-state index contributed by atoms with van der Waals surface area (Å²) in [5.74, 6) is 3.27. The van der Waals surface area contributed by atoms with Gasteiger partial charge in [-0.05, 0) is 30.4 Å². The highest BCUT2D eigenvalue weighted by atomic mass is 32.2. The van der Waals surface area contributed by atoms with Crippen LogP contribution in [0.1, 0.15) is 33.6 Å². The van der Waals surface area contributed by atoms with Crippen LogP contribution in [-0.4, -0.2) is 48.6 Å². The molecule has 2 atom stereocenters. The third-order valence-corrected chi connectivity index (χ3v) is 4.59. The van der Waals surface area contributed by atoms with E-state index in [9.17, 15) is 4.79 Å². The number of hydrogen-bond donors (Lipinski definition) is 0. The van der Waals surface area contributed by atoms with Gasteiger partial charge < -0.3 is 9.64 Å². The fourth-order valence-electron chi connectivity index (χ4n) is 2.14. The summed E-state index contributed by atoms with van der Waals surface area (Å²) >= 11 is 1.76. The number of carbonyl (C=O) groups excluding carboxylic acids is 1. The average Bonchev–Trinajstić information content (AvgIpc) is 2.34. The molecular formula is C14H27NO2S. The molecule has 106 valence electrons. The molecule has 0 saturated carbocycles. The second-order valence-electron chi connectivity index (χ2n) is 5.61. The van der Waals surface area contributed by atoms with Crippen molar-refractivity contribution in [2.75, 3.05) is 31.7 Å². The van der Waals surface area contributed by atoms with E-state index >= 15 is 0 Å². The molecule has 1 saturated heterocycles. The lowest BCUT2D eigenvalue weighted by Crippen LogP contribution is -2.47. The molecule has 0 aliphatic carbocycles. The molecule has 0 aromatic rings. The predicted molar refractivity (Wildman–Crippen MR) is 77.9 cm³/mol. The fourth-order valence-corrected chi connectivity index (χ4v) is 3.28. The number of hydrogen-bond acceptors (Lipinski definition) is 3. The lowest BCUT2D eigenvalue weighted by Gasteiger charge is -2.36. The third-order valence-electron chi connectivity index (χ3n) is 3.61. The minimum Gasteiger partial charge on any atom is -0.379 e. The maximum atomic E-state index is 12.1. The standard InChI is InChI=1S/C14H27NO2S/c1-11(2)6-8-18-10-14(16)15-7-5-12(3)13(9-15)17-4/h11-13H,5-10H2,1-4H3. The van der Waals surface area contributed by atoms with Gasteiger partial charge in [-0.15, -0.1) is 0 Å². The summed E-state index contributed by atoms with van der Waals surface area (Å²) in [6.45, 7) is 8.30. The average molecular weight is 273 g/mol. The molecule has 1 aliphatic heterocycles. The van der Waals surface area contributed by atoms with Crippen LogP contribution in [0, 0.1) is 11.8 Å². The number of amides is 1. The smallest absolute Gasteiger partial charge is 0.232 e. The van der Waals surface area contributed by atoms with Gasteiger partial charge in [0.1, 0.15) is 0 Å². The molecular weight excluding hydrogens is 246 g/mol. The Kier molecular flexibility index (Phi) is 7.08. The van der Waals surface area contributed by atoms with Crippen molar-refractivity contribution >= 4 is 17.7 Å². The SMILES string of the molecule is COC1CN(C(=O)CSCCC(C)C)CCC1C. The van der Waals surface area contributed by atoms with Crippen LogP contribution >= 0.6 is 11.8 Å². The Morgan fingerprint density at radius 3 is 2.83 bits per heavy atom. The van der Waals surface area contributed by atoms with Crippen LogP contribution in [0.3, 0.4) is 0 Å². The molecule has 0 aromatic heterocycles. The van der Waals surface area contributed by atoms with Crippen molar-refractivity contribution in [2.24, 2.45) is 11.8 Å². The summed E-state index contributed by atoms with van der Waals surface area (Å²) in [5.41, 5.74) is 0. The number of methoxy groups -OCH3 is 1. The number of likely N-dealkylation sites (tertiary alicyclic amines) is 1. The first-order valence-electron chi connectivity index (χ1n) is 6.93. The van der Waals surface area contributed by atoms with Crippen LogP contribution < -0.4 is 0 Å². The number of carbonyl (C=O) groups is 1. The molecule has 3 nitrogen and oxygen atoms in total. The Bertz CT molecular complexity index is 258. The Balaban J connectivity index is 2.25.